The molecule has 0 spiro atoms. The van der Waals surface area contributed by atoms with Gasteiger partial charge in [-0.05, 0) is 5.53 Å². The fourth-order valence-corrected chi connectivity index (χ4v) is 3.21. The highest BCUT2D eigenvalue weighted by molar-refractivity contribution is 4.94. The molecule has 5 atom stereocenters. The van der Waals surface area contributed by atoms with Crippen LogP contribution in [0.15, 0.2) is 55.7 Å². The standard InChI is InChI=1S/C24H39N3O8/c1-5-10-30-19-20-21(31-11-6-2)22(32-12-7-3)23(33-13-8-4)24(35-20)34-18-17-29-16-15-28-14-9-26-27-25/h5-8,20-24H,1-4,9-19H2/t20?,21-,22?,23?,24-/m1/s1. The van der Waals surface area contributed by atoms with Crippen molar-refractivity contribution >= 4 is 0 Å². The van der Waals surface area contributed by atoms with E-state index in [2.05, 4.69) is 36.3 Å². The first-order chi connectivity index (χ1) is 17.2. The molecular weight excluding hydrogens is 458 g/mol. The highest BCUT2D eigenvalue weighted by Gasteiger charge is 2.48. The molecular formula is C24H39N3O8. The van der Waals surface area contributed by atoms with Crippen LogP contribution in [-0.4, -0.2) is 103 Å². The molecule has 0 aromatic carbocycles. The van der Waals surface area contributed by atoms with Gasteiger partial charge in [0.25, 0.3) is 0 Å². The normalized spacial score (nSPS) is 23.8. The Labute approximate surface area is 207 Å². The van der Waals surface area contributed by atoms with Crippen molar-refractivity contribution in [1.29, 1.82) is 0 Å². The lowest BCUT2D eigenvalue weighted by atomic mass is 9.98. The van der Waals surface area contributed by atoms with Gasteiger partial charge in [0.1, 0.15) is 24.4 Å². The first-order valence-electron chi connectivity index (χ1n) is 11.5. The largest absolute Gasteiger partial charge is 0.379 e. The van der Waals surface area contributed by atoms with E-state index in [9.17, 15) is 0 Å². The summed E-state index contributed by atoms with van der Waals surface area (Å²) < 4.78 is 46.8. The van der Waals surface area contributed by atoms with E-state index < -0.39 is 30.7 Å². The lowest BCUT2D eigenvalue weighted by Gasteiger charge is -2.45. The van der Waals surface area contributed by atoms with E-state index in [1.54, 1.807) is 24.3 Å². The molecule has 0 aromatic rings. The van der Waals surface area contributed by atoms with E-state index in [0.717, 1.165) is 0 Å². The first-order valence-corrected chi connectivity index (χ1v) is 11.5. The summed E-state index contributed by atoms with van der Waals surface area (Å²) in [6.07, 6.45) is 3.78. The van der Waals surface area contributed by atoms with Crippen LogP contribution in [0.4, 0.5) is 0 Å². The predicted octanol–water partition coefficient (Wildman–Crippen LogP) is 2.99. The van der Waals surface area contributed by atoms with Gasteiger partial charge in [-0.2, -0.15) is 0 Å². The number of hydrogen-bond donors (Lipinski definition) is 0. The summed E-state index contributed by atoms with van der Waals surface area (Å²) in [6.45, 7) is 18.3. The summed E-state index contributed by atoms with van der Waals surface area (Å²) in [4.78, 5) is 2.66. The SMILES string of the molecule is C=CCOCC1O[C@@H](OCCOCCOCCN=[N+]=[N-])C(OCC=C)C(OCC=C)[C@@H]1OCC=C. The van der Waals surface area contributed by atoms with Gasteiger partial charge in [-0.1, -0.05) is 29.4 Å². The topological polar surface area (TPSA) is 123 Å². The van der Waals surface area contributed by atoms with Gasteiger partial charge in [-0.25, -0.2) is 0 Å². The minimum Gasteiger partial charge on any atom is -0.379 e. The second kappa shape index (κ2) is 21.3. The summed E-state index contributed by atoms with van der Waals surface area (Å²) in [5.74, 6) is 0. The van der Waals surface area contributed by atoms with Crippen LogP contribution in [0.5, 0.6) is 0 Å². The van der Waals surface area contributed by atoms with Crippen molar-refractivity contribution in [3.8, 4) is 0 Å². The lowest BCUT2D eigenvalue weighted by molar-refractivity contribution is -0.320. The number of rotatable bonds is 23. The smallest absolute Gasteiger partial charge is 0.187 e. The Kier molecular flexibility index (Phi) is 18.8. The summed E-state index contributed by atoms with van der Waals surface area (Å²) in [7, 11) is 0. The molecule has 11 heteroatoms. The third kappa shape index (κ3) is 13.0. The Balaban J connectivity index is 2.76. The Morgan fingerprint density at radius 2 is 1.26 bits per heavy atom. The van der Waals surface area contributed by atoms with Crippen molar-refractivity contribution in [2.45, 2.75) is 30.7 Å². The van der Waals surface area contributed by atoms with Gasteiger partial charge in [0.2, 0.25) is 0 Å². The van der Waals surface area contributed by atoms with Gasteiger partial charge >= 0.3 is 0 Å². The Morgan fingerprint density at radius 1 is 0.686 bits per heavy atom. The second-order valence-electron chi connectivity index (χ2n) is 7.18. The van der Waals surface area contributed by atoms with Crippen LogP contribution in [0.25, 0.3) is 10.4 Å². The Bertz CT molecular complexity index is 644. The zero-order valence-electron chi connectivity index (χ0n) is 20.4. The molecule has 0 aromatic heterocycles. The molecule has 0 saturated carbocycles. The monoisotopic (exact) mass is 497 g/mol. The van der Waals surface area contributed by atoms with Crippen LogP contribution in [-0.2, 0) is 37.9 Å². The van der Waals surface area contributed by atoms with E-state index in [0.29, 0.717) is 46.2 Å². The zero-order chi connectivity index (χ0) is 25.6. The zero-order valence-corrected chi connectivity index (χ0v) is 20.4. The summed E-state index contributed by atoms with van der Waals surface area (Å²) >= 11 is 0. The molecule has 35 heavy (non-hydrogen) atoms. The van der Waals surface area contributed by atoms with Crippen LogP contribution in [0, 0.1) is 0 Å². The molecule has 1 fully saturated rings. The number of ether oxygens (including phenoxy) is 8. The molecule has 1 aliphatic rings. The fraction of sp³-hybridized carbons (Fsp3) is 0.667. The van der Waals surface area contributed by atoms with Gasteiger partial charge in [0.05, 0.1) is 66.1 Å². The molecule has 1 aliphatic heterocycles. The predicted molar refractivity (Wildman–Crippen MR) is 131 cm³/mol. The van der Waals surface area contributed by atoms with Gasteiger partial charge in [0, 0.05) is 11.5 Å². The maximum absolute atomic E-state index is 8.23. The van der Waals surface area contributed by atoms with E-state index in [4.69, 9.17) is 43.4 Å². The van der Waals surface area contributed by atoms with Crippen molar-refractivity contribution in [3.63, 3.8) is 0 Å². The van der Waals surface area contributed by atoms with Crippen molar-refractivity contribution in [1.82, 2.24) is 0 Å². The third-order valence-electron chi connectivity index (χ3n) is 4.61. The maximum Gasteiger partial charge on any atom is 0.187 e. The molecule has 1 heterocycles. The lowest BCUT2D eigenvalue weighted by Crippen LogP contribution is -2.62. The van der Waals surface area contributed by atoms with Gasteiger partial charge in [0.15, 0.2) is 6.29 Å². The van der Waals surface area contributed by atoms with Crippen LogP contribution in [0.3, 0.4) is 0 Å². The first kappa shape index (κ1) is 31.0. The molecule has 0 radical (unpaired) electrons. The minimum atomic E-state index is -0.755. The number of nitrogens with zero attached hydrogens (tertiary/aromatic N) is 3. The van der Waals surface area contributed by atoms with Crippen molar-refractivity contribution in [3.05, 3.63) is 61.1 Å². The quantitative estimate of drug-likeness (QED) is 0.0694. The summed E-state index contributed by atoms with van der Waals surface area (Å²) in [5.41, 5.74) is 8.23. The van der Waals surface area contributed by atoms with E-state index in [1.165, 1.54) is 0 Å². The van der Waals surface area contributed by atoms with E-state index >= 15 is 0 Å². The van der Waals surface area contributed by atoms with Crippen molar-refractivity contribution in [2.75, 3.05) is 72.6 Å². The maximum atomic E-state index is 8.23. The minimum absolute atomic E-state index is 0.250. The summed E-state index contributed by atoms with van der Waals surface area (Å²) in [5, 5.41) is 3.39. The average Bonchev–Trinajstić information content (AvgIpc) is 2.87. The van der Waals surface area contributed by atoms with Gasteiger partial charge < -0.3 is 37.9 Å². The highest BCUT2D eigenvalue weighted by atomic mass is 16.7. The molecule has 0 N–H and O–H groups in total. The highest BCUT2D eigenvalue weighted by Crippen LogP contribution is 2.29. The molecule has 0 bridgehead atoms. The fourth-order valence-electron chi connectivity index (χ4n) is 3.21. The van der Waals surface area contributed by atoms with E-state index in [1.807, 2.05) is 0 Å². The van der Waals surface area contributed by atoms with Crippen LogP contribution < -0.4 is 0 Å². The molecule has 11 nitrogen and oxygen atoms in total. The second-order valence-corrected chi connectivity index (χ2v) is 7.18. The van der Waals surface area contributed by atoms with Crippen LogP contribution >= 0.6 is 0 Å². The van der Waals surface area contributed by atoms with Gasteiger partial charge in [-0.3, -0.25) is 0 Å². The molecule has 0 amide bonds. The molecule has 1 saturated heterocycles. The van der Waals surface area contributed by atoms with Crippen molar-refractivity contribution in [2.24, 2.45) is 5.11 Å². The van der Waals surface area contributed by atoms with E-state index in [-0.39, 0.29) is 26.4 Å². The van der Waals surface area contributed by atoms with Crippen LogP contribution in [0.2, 0.25) is 0 Å². The average molecular weight is 498 g/mol. The third-order valence-corrected chi connectivity index (χ3v) is 4.61. The molecule has 198 valence electrons. The van der Waals surface area contributed by atoms with Gasteiger partial charge in [-0.15, -0.1) is 26.3 Å². The van der Waals surface area contributed by atoms with Crippen LogP contribution in [0.1, 0.15) is 0 Å². The Morgan fingerprint density at radius 3 is 1.89 bits per heavy atom. The molecule has 0 aliphatic carbocycles. The Hall–Kier alpha value is -2.05. The summed E-state index contributed by atoms with van der Waals surface area (Å²) in [6, 6.07) is 0. The van der Waals surface area contributed by atoms with Crippen molar-refractivity contribution < 1.29 is 37.9 Å². The number of hydrogen-bond acceptors (Lipinski definition) is 9. The molecule has 1 rings (SSSR count). The number of azide groups is 1. The molecule has 3 unspecified atom stereocenters.